The van der Waals surface area contributed by atoms with E-state index in [-0.39, 0.29) is 11.6 Å². The fourth-order valence-corrected chi connectivity index (χ4v) is 3.07. The molecule has 0 spiro atoms. The summed E-state index contributed by atoms with van der Waals surface area (Å²) < 4.78 is 1.96. The number of H-pyrrole nitrogens is 1. The third-order valence-corrected chi connectivity index (χ3v) is 4.26. The predicted molar refractivity (Wildman–Crippen MR) is 87.7 cm³/mol. The molecule has 0 saturated carbocycles. The Labute approximate surface area is 137 Å². The Bertz CT molecular complexity index is 955. The maximum absolute atomic E-state index is 12.6. The number of primary amides is 1. The summed E-state index contributed by atoms with van der Waals surface area (Å²) in [5.41, 5.74) is 7.27. The smallest absolute Gasteiger partial charge is 0.273 e. The van der Waals surface area contributed by atoms with Gasteiger partial charge in [0.15, 0.2) is 5.69 Å². The van der Waals surface area contributed by atoms with Crippen molar-refractivity contribution in [1.29, 1.82) is 0 Å². The Morgan fingerprint density at radius 1 is 1.29 bits per heavy atom. The first-order chi connectivity index (χ1) is 11.6. The highest BCUT2D eigenvalue weighted by atomic mass is 16.2. The second-order valence-electron chi connectivity index (χ2n) is 5.82. The molecule has 0 saturated heterocycles. The van der Waals surface area contributed by atoms with Gasteiger partial charge in [-0.2, -0.15) is 5.10 Å². The molecule has 0 atom stereocenters. The first-order valence-corrected chi connectivity index (χ1v) is 7.77. The van der Waals surface area contributed by atoms with Gasteiger partial charge < -0.3 is 15.6 Å². The van der Waals surface area contributed by atoms with Crippen LogP contribution in [0, 0.1) is 0 Å². The van der Waals surface area contributed by atoms with Crippen LogP contribution in [0.1, 0.15) is 39.6 Å². The van der Waals surface area contributed by atoms with Crippen molar-refractivity contribution in [3.8, 4) is 0 Å². The van der Waals surface area contributed by atoms with Crippen LogP contribution in [0.2, 0.25) is 0 Å². The first-order valence-electron chi connectivity index (χ1n) is 7.77. The number of amides is 2. The van der Waals surface area contributed by atoms with E-state index in [1.54, 1.807) is 24.4 Å². The van der Waals surface area contributed by atoms with Crippen molar-refractivity contribution in [2.24, 2.45) is 5.73 Å². The highest BCUT2D eigenvalue weighted by Crippen LogP contribution is 2.22. The summed E-state index contributed by atoms with van der Waals surface area (Å²) in [7, 11) is 0. The van der Waals surface area contributed by atoms with E-state index in [0.29, 0.717) is 22.3 Å². The molecule has 3 aromatic rings. The molecular weight excluding hydrogens is 308 g/mol. The number of hydrogen-bond donors (Lipinski definition) is 3. The lowest BCUT2D eigenvalue weighted by atomic mass is 10.1. The number of fused-ring (bicyclic) bond motifs is 2. The van der Waals surface area contributed by atoms with Crippen molar-refractivity contribution in [3.05, 3.63) is 41.6 Å². The number of aryl methyl sites for hydroxylation is 1. The molecule has 0 bridgehead atoms. The van der Waals surface area contributed by atoms with Gasteiger partial charge in [0.05, 0.1) is 11.7 Å². The number of nitrogens with two attached hydrogens (primary N) is 1. The van der Waals surface area contributed by atoms with Crippen LogP contribution >= 0.6 is 0 Å². The van der Waals surface area contributed by atoms with Crippen LogP contribution in [-0.4, -0.2) is 31.6 Å². The number of nitrogens with one attached hydrogen (secondary N) is 2. The number of carbonyl (C=O) groups excluding carboxylic acids is 2. The number of nitrogens with zero attached hydrogens (tertiary/aromatic N) is 3. The lowest BCUT2D eigenvalue weighted by Gasteiger charge is -2.16. The fourth-order valence-electron chi connectivity index (χ4n) is 3.07. The molecule has 2 amide bonds. The first kappa shape index (κ1) is 14.4. The van der Waals surface area contributed by atoms with Gasteiger partial charge in [-0.3, -0.25) is 14.7 Å². The number of rotatable bonds is 3. The van der Waals surface area contributed by atoms with E-state index >= 15 is 0 Å². The summed E-state index contributed by atoms with van der Waals surface area (Å²) in [6.07, 6.45) is 4.66. The van der Waals surface area contributed by atoms with Crippen LogP contribution in [0.15, 0.2) is 24.4 Å². The van der Waals surface area contributed by atoms with Crippen molar-refractivity contribution >= 4 is 28.4 Å². The second-order valence-corrected chi connectivity index (χ2v) is 5.82. The zero-order valence-corrected chi connectivity index (χ0v) is 12.9. The van der Waals surface area contributed by atoms with Gasteiger partial charge in [-0.25, -0.2) is 4.98 Å². The monoisotopic (exact) mass is 324 g/mol. The molecular formula is C16H16N6O2. The molecule has 4 rings (SSSR count). The lowest BCUT2D eigenvalue weighted by Crippen LogP contribution is -2.20. The molecule has 3 heterocycles. The van der Waals surface area contributed by atoms with E-state index in [1.165, 1.54) is 0 Å². The van der Waals surface area contributed by atoms with Gasteiger partial charge in [0.2, 0.25) is 0 Å². The Morgan fingerprint density at radius 3 is 3.00 bits per heavy atom. The molecule has 2 aromatic heterocycles. The topological polar surface area (TPSA) is 119 Å². The van der Waals surface area contributed by atoms with Crippen LogP contribution in [-0.2, 0) is 13.0 Å². The number of hydrogen-bond acceptors (Lipinski definition) is 4. The van der Waals surface area contributed by atoms with Gasteiger partial charge in [-0.1, -0.05) is 0 Å². The molecule has 0 aliphatic carbocycles. The Kier molecular flexibility index (Phi) is 3.30. The van der Waals surface area contributed by atoms with Crippen LogP contribution in [0.4, 0.5) is 5.69 Å². The van der Waals surface area contributed by atoms with E-state index < -0.39 is 5.91 Å². The molecule has 8 nitrogen and oxygen atoms in total. The van der Waals surface area contributed by atoms with Crippen molar-refractivity contribution in [2.45, 2.75) is 25.8 Å². The van der Waals surface area contributed by atoms with Gasteiger partial charge in [0.25, 0.3) is 11.8 Å². The van der Waals surface area contributed by atoms with Gasteiger partial charge in [0, 0.05) is 24.0 Å². The van der Waals surface area contributed by atoms with E-state index in [2.05, 4.69) is 20.5 Å². The number of aromatic amines is 1. The SMILES string of the molecule is NC(=O)c1n[nH]c2ccc(NC(=O)c3cnc4n3CCCC4)cc12. The normalized spacial score (nSPS) is 13.7. The largest absolute Gasteiger partial charge is 0.364 e. The molecule has 0 fully saturated rings. The summed E-state index contributed by atoms with van der Waals surface area (Å²) in [5, 5.41) is 10.1. The Balaban J connectivity index is 1.64. The van der Waals surface area contributed by atoms with Gasteiger partial charge in [-0.15, -0.1) is 0 Å². The van der Waals surface area contributed by atoms with Crippen LogP contribution in [0.25, 0.3) is 10.9 Å². The van der Waals surface area contributed by atoms with Crippen molar-refractivity contribution in [3.63, 3.8) is 0 Å². The third kappa shape index (κ3) is 2.32. The lowest BCUT2D eigenvalue weighted by molar-refractivity contribution is 0.0994. The highest BCUT2D eigenvalue weighted by Gasteiger charge is 2.19. The molecule has 4 N–H and O–H groups in total. The quantitative estimate of drug-likeness (QED) is 0.675. The number of benzene rings is 1. The number of anilines is 1. The van der Waals surface area contributed by atoms with E-state index in [1.807, 2.05) is 4.57 Å². The number of aromatic nitrogens is 4. The van der Waals surface area contributed by atoms with Gasteiger partial charge in [-0.05, 0) is 31.0 Å². The minimum atomic E-state index is -0.616. The highest BCUT2D eigenvalue weighted by molar-refractivity contribution is 6.07. The van der Waals surface area contributed by atoms with Crippen molar-refractivity contribution in [2.75, 3.05) is 5.32 Å². The zero-order chi connectivity index (χ0) is 16.7. The molecule has 1 aromatic carbocycles. The summed E-state index contributed by atoms with van der Waals surface area (Å²) in [5.74, 6) is 0.112. The van der Waals surface area contributed by atoms with Crippen molar-refractivity contribution in [1.82, 2.24) is 19.7 Å². The summed E-state index contributed by atoms with van der Waals surface area (Å²) in [4.78, 5) is 28.3. The average Bonchev–Trinajstić information content (AvgIpc) is 3.18. The van der Waals surface area contributed by atoms with Gasteiger partial charge in [0.1, 0.15) is 11.5 Å². The fraction of sp³-hybridized carbons (Fsp3) is 0.250. The maximum atomic E-state index is 12.6. The van der Waals surface area contributed by atoms with Crippen LogP contribution in [0.5, 0.6) is 0 Å². The van der Waals surface area contributed by atoms with Crippen molar-refractivity contribution < 1.29 is 9.59 Å². The molecule has 1 aliphatic rings. The average molecular weight is 324 g/mol. The Morgan fingerprint density at radius 2 is 2.17 bits per heavy atom. The number of imidazole rings is 1. The molecule has 0 radical (unpaired) electrons. The summed E-state index contributed by atoms with van der Waals surface area (Å²) in [6, 6.07) is 5.18. The zero-order valence-electron chi connectivity index (χ0n) is 12.9. The van der Waals surface area contributed by atoms with Gasteiger partial charge >= 0.3 is 0 Å². The predicted octanol–water partition coefficient (Wildman–Crippen LogP) is 1.45. The molecule has 1 aliphatic heterocycles. The van der Waals surface area contributed by atoms with E-state index in [0.717, 1.165) is 31.6 Å². The second kappa shape index (κ2) is 5.48. The maximum Gasteiger partial charge on any atom is 0.273 e. The Hall–Kier alpha value is -3.16. The van der Waals surface area contributed by atoms with Crippen LogP contribution in [0.3, 0.4) is 0 Å². The molecule has 122 valence electrons. The third-order valence-electron chi connectivity index (χ3n) is 4.26. The van der Waals surface area contributed by atoms with Crippen LogP contribution < -0.4 is 11.1 Å². The van der Waals surface area contributed by atoms with E-state index in [9.17, 15) is 9.59 Å². The number of carbonyl (C=O) groups is 2. The molecule has 0 unspecified atom stereocenters. The minimum absolute atomic E-state index is 0.155. The van der Waals surface area contributed by atoms with E-state index in [4.69, 9.17) is 5.73 Å². The molecule has 8 heteroatoms. The minimum Gasteiger partial charge on any atom is -0.364 e. The standard InChI is InChI=1S/C16H16N6O2/c17-15(23)14-10-7-9(4-5-11(10)20-21-14)19-16(24)12-8-18-13-3-1-2-6-22(12)13/h4-5,7-8H,1-3,6H2,(H2,17,23)(H,19,24)(H,20,21). The molecule has 24 heavy (non-hydrogen) atoms. The summed E-state index contributed by atoms with van der Waals surface area (Å²) in [6.45, 7) is 0.810. The summed E-state index contributed by atoms with van der Waals surface area (Å²) >= 11 is 0.